The first-order valence-electron chi connectivity index (χ1n) is 12.0. The molecule has 1 fully saturated rings. The summed E-state index contributed by atoms with van der Waals surface area (Å²) in [4.78, 5) is 30.6. The molecule has 0 spiro atoms. The van der Waals surface area contributed by atoms with Crippen LogP contribution in [0.5, 0.6) is 0 Å². The fourth-order valence-electron chi connectivity index (χ4n) is 4.06. The average Bonchev–Trinajstić information content (AvgIpc) is 3.24. The molecule has 3 aromatic rings. The zero-order valence-electron chi connectivity index (χ0n) is 21.7. The number of amides is 1. The van der Waals surface area contributed by atoms with Crippen molar-refractivity contribution in [2.45, 2.75) is 64.6 Å². The van der Waals surface area contributed by atoms with Crippen molar-refractivity contribution < 1.29 is 27.4 Å². The molecule has 1 aliphatic rings. The van der Waals surface area contributed by atoms with Gasteiger partial charge in [0.05, 0.1) is 23.4 Å². The van der Waals surface area contributed by atoms with Crippen molar-refractivity contribution in [3.63, 3.8) is 0 Å². The van der Waals surface area contributed by atoms with Gasteiger partial charge in [0, 0.05) is 24.2 Å². The molecule has 202 valence electrons. The molecule has 0 bridgehead atoms. The monoisotopic (exact) mass is 530 g/mol. The van der Waals surface area contributed by atoms with Crippen LogP contribution in [-0.4, -0.2) is 50.4 Å². The highest BCUT2D eigenvalue weighted by atomic mass is 19.4. The fourth-order valence-corrected chi connectivity index (χ4v) is 4.06. The molecule has 38 heavy (non-hydrogen) atoms. The number of carbonyl (C=O) groups is 1. The number of anilines is 2. The largest absolute Gasteiger partial charge is 0.447 e. The van der Waals surface area contributed by atoms with Crippen LogP contribution in [0.4, 0.5) is 29.7 Å². The number of cyclic esters (lactones) is 1. The van der Waals surface area contributed by atoms with Gasteiger partial charge in [0.25, 0.3) is 0 Å². The Labute approximate surface area is 218 Å². The van der Waals surface area contributed by atoms with Crippen molar-refractivity contribution >= 4 is 17.9 Å². The molecule has 9 nitrogen and oxygen atoms in total. The number of hydrogen-bond donors (Lipinski definition) is 1. The Balaban J connectivity index is 1.46. The van der Waals surface area contributed by atoms with E-state index in [4.69, 9.17) is 9.47 Å². The average molecular weight is 531 g/mol. The van der Waals surface area contributed by atoms with Crippen LogP contribution in [-0.2, 0) is 15.7 Å². The number of hydrogen-bond acceptors (Lipinski definition) is 8. The minimum absolute atomic E-state index is 0.186. The van der Waals surface area contributed by atoms with Gasteiger partial charge in [-0.2, -0.15) is 18.2 Å². The molecule has 1 amide bonds. The quantitative estimate of drug-likeness (QED) is 0.418. The number of nitrogens with zero attached hydrogens (tertiary/aromatic N) is 5. The lowest BCUT2D eigenvalue weighted by molar-refractivity contribution is -0.141. The lowest BCUT2D eigenvalue weighted by Crippen LogP contribution is -2.45. The summed E-state index contributed by atoms with van der Waals surface area (Å²) in [5.74, 6) is 0.684. The molecular formula is C26H29F3N6O3. The maximum Gasteiger partial charge on any atom is 0.433 e. The molecule has 3 aromatic heterocycles. The van der Waals surface area contributed by atoms with Crippen molar-refractivity contribution in [1.82, 2.24) is 19.9 Å². The Kier molecular flexibility index (Phi) is 7.54. The van der Waals surface area contributed by atoms with Gasteiger partial charge >= 0.3 is 12.3 Å². The molecule has 0 aromatic carbocycles. The number of ether oxygens (including phenoxy) is 2. The van der Waals surface area contributed by atoms with E-state index in [1.165, 1.54) is 11.0 Å². The van der Waals surface area contributed by atoms with Crippen LogP contribution < -0.4 is 10.2 Å². The van der Waals surface area contributed by atoms with E-state index in [2.05, 4.69) is 25.3 Å². The van der Waals surface area contributed by atoms with E-state index in [1.54, 1.807) is 30.6 Å². The normalized spacial score (nSPS) is 17.7. The van der Waals surface area contributed by atoms with Gasteiger partial charge in [0.1, 0.15) is 24.2 Å². The number of aromatic nitrogens is 4. The zero-order valence-corrected chi connectivity index (χ0v) is 21.7. The van der Waals surface area contributed by atoms with E-state index in [0.717, 1.165) is 17.8 Å². The van der Waals surface area contributed by atoms with Crippen LogP contribution in [0.25, 0.3) is 11.3 Å². The third-order valence-electron chi connectivity index (χ3n) is 5.86. The number of rotatable bonds is 7. The van der Waals surface area contributed by atoms with Crippen LogP contribution >= 0.6 is 0 Å². The van der Waals surface area contributed by atoms with E-state index in [1.807, 2.05) is 34.6 Å². The summed E-state index contributed by atoms with van der Waals surface area (Å²) in [5, 5.41) is 3.19. The van der Waals surface area contributed by atoms with Crippen LogP contribution in [0.2, 0.25) is 0 Å². The second-order valence-corrected chi connectivity index (χ2v) is 9.96. The van der Waals surface area contributed by atoms with Gasteiger partial charge in [-0.3, -0.25) is 14.9 Å². The van der Waals surface area contributed by atoms with E-state index in [9.17, 15) is 18.0 Å². The standard InChI is InChI=1S/C26H29F3N6O3/c1-15(17-6-8-19(31-12-17)18-7-9-21(32-13-18)26(27,28)29)33-23-30-11-10-22(34-23)35-20(14-37-24(35)36)16(2)38-25(3,4)5/h6-13,15-16,20H,14H2,1-5H3,(H,30,33,34)/t15-,16+,20+/m0/s1. The zero-order chi connectivity index (χ0) is 27.7. The fraction of sp³-hybridized carbons (Fsp3) is 0.423. The van der Waals surface area contributed by atoms with Gasteiger partial charge in [0.15, 0.2) is 0 Å². The van der Waals surface area contributed by atoms with Crippen molar-refractivity contribution in [2.75, 3.05) is 16.8 Å². The highest BCUT2D eigenvalue weighted by Gasteiger charge is 2.40. The Morgan fingerprint density at radius 1 is 1.05 bits per heavy atom. The third-order valence-corrected chi connectivity index (χ3v) is 5.86. The topological polar surface area (TPSA) is 102 Å². The molecule has 3 atom stereocenters. The first-order valence-corrected chi connectivity index (χ1v) is 12.0. The van der Waals surface area contributed by atoms with Crippen molar-refractivity contribution in [1.29, 1.82) is 0 Å². The smallest absolute Gasteiger partial charge is 0.433 e. The summed E-state index contributed by atoms with van der Waals surface area (Å²) in [6, 6.07) is 6.80. The minimum atomic E-state index is -4.50. The SMILES string of the molecule is C[C@H](Nc1nccc(N2C(=O)OC[C@@H]2[C@@H](C)OC(C)(C)C)n1)c1ccc(-c2ccc(C(F)(F)F)nc2)nc1. The molecule has 1 N–H and O–H groups in total. The van der Waals surface area contributed by atoms with E-state index < -0.39 is 23.6 Å². The van der Waals surface area contributed by atoms with Gasteiger partial charge in [0.2, 0.25) is 5.95 Å². The molecule has 0 unspecified atom stereocenters. The number of alkyl halides is 3. The Morgan fingerprint density at radius 3 is 2.42 bits per heavy atom. The highest BCUT2D eigenvalue weighted by molar-refractivity contribution is 5.89. The summed E-state index contributed by atoms with van der Waals surface area (Å²) in [6.07, 6.45) is -0.978. The number of nitrogens with one attached hydrogen (secondary N) is 1. The second kappa shape index (κ2) is 10.5. The molecule has 1 saturated heterocycles. The second-order valence-electron chi connectivity index (χ2n) is 9.96. The molecule has 0 aliphatic carbocycles. The summed E-state index contributed by atoms with van der Waals surface area (Å²) in [6.45, 7) is 9.80. The van der Waals surface area contributed by atoms with E-state index >= 15 is 0 Å². The molecule has 1 aliphatic heterocycles. The summed E-state index contributed by atoms with van der Waals surface area (Å²) < 4.78 is 49.6. The summed E-state index contributed by atoms with van der Waals surface area (Å²) >= 11 is 0. The number of carbonyl (C=O) groups excluding carboxylic acids is 1. The lowest BCUT2D eigenvalue weighted by Gasteiger charge is -2.31. The van der Waals surface area contributed by atoms with Crippen LogP contribution in [0.3, 0.4) is 0 Å². The molecule has 0 saturated carbocycles. The molecular weight excluding hydrogens is 501 g/mol. The first kappa shape index (κ1) is 27.2. The van der Waals surface area contributed by atoms with Gasteiger partial charge < -0.3 is 14.8 Å². The van der Waals surface area contributed by atoms with E-state index in [-0.39, 0.29) is 24.8 Å². The highest BCUT2D eigenvalue weighted by Crippen LogP contribution is 2.30. The third kappa shape index (κ3) is 6.36. The van der Waals surface area contributed by atoms with Gasteiger partial charge in [-0.1, -0.05) is 6.07 Å². The summed E-state index contributed by atoms with van der Waals surface area (Å²) in [7, 11) is 0. The van der Waals surface area contributed by atoms with Crippen molar-refractivity contribution in [3.8, 4) is 11.3 Å². The van der Waals surface area contributed by atoms with Crippen molar-refractivity contribution in [2.24, 2.45) is 0 Å². The predicted octanol–water partition coefficient (Wildman–Crippen LogP) is 5.65. The van der Waals surface area contributed by atoms with Gasteiger partial charge in [-0.05, 0) is 64.4 Å². The van der Waals surface area contributed by atoms with Crippen LogP contribution in [0.15, 0.2) is 48.9 Å². The maximum atomic E-state index is 12.8. The Bertz CT molecular complexity index is 1260. The maximum absolute atomic E-state index is 12.8. The summed E-state index contributed by atoms with van der Waals surface area (Å²) in [5.41, 5.74) is 0.413. The number of halogens is 3. The number of pyridine rings is 2. The minimum Gasteiger partial charge on any atom is -0.447 e. The first-order chi connectivity index (χ1) is 17.8. The predicted molar refractivity (Wildman–Crippen MR) is 134 cm³/mol. The van der Waals surface area contributed by atoms with Crippen LogP contribution in [0, 0.1) is 0 Å². The molecule has 12 heteroatoms. The Hall–Kier alpha value is -3.80. The molecule has 4 heterocycles. The van der Waals surface area contributed by atoms with E-state index in [0.29, 0.717) is 23.0 Å². The van der Waals surface area contributed by atoms with Gasteiger partial charge in [-0.25, -0.2) is 9.78 Å². The van der Waals surface area contributed by atoms with Gasteiger partial charge in [-0.15, -0.1) is 0 Å². The van der Waals surface area contributed by atoms with Crippen LogP contribution in [0.1, 0.15) is 51.9 Å². The Morgan fingerprint density at radius 2 is 1.82 bits per heavy atom. The molecule has 4 rings (SSSR count). The lowest BCUT2D eigenvalue weighted by atomic mass is 10.1. The molecule has 0 radical (unpaired) electrons. The van der Waals surface area contributed by atoms with Crippen molar-refractivity contribution in [3.05, 3.63) is 60.2 Å².